The quantitative estimate of drug-likeness (QED) is 0.137. The number of aromatic amines is 1. The van der Waals surface area contributed by atoms with Crippen molar-refractivity contribution in [3.63, 3.8) is 0 Å². The first kappa shape index (κ1) is 27.8. The number of rotatable bonds is 10. The van der Waals surface area contributed by atoms with E-state index in [1.165, 1.54) is 6.08 Å². The number of hydrogen-bond acceptors (Lipinski definition) is 7. The van der Waals surface area contributed by atoms with Crippen LogP contribution in [0.2, 0.25) is 10.0 Å². The molecule has 2 N–H and O–H groups in total. The molecule has 0 radical (unpaired) electrons. The first-order valence-electron chi connectivity index (χ1n) is 10.9. The van der Waals surface area contributed by atoms with Crippen LogP contribution in [0.1, 0.15) is 11.1 Å². The molecule has 1 aromatic heterocycles. The van der Waals surface area contributed by atoms with Crippen molar-refractivity contribution >= 4 is 62.9 Å². The van der Waals surface area contributed by atoms with Gasteiger partial charge >= 0.3 is 5.97 Å². The number of benzene rings is 3. The van der Waals surface area contributed by atoms with Crippen molar-refractivity contribution in [2.24, 2.45) is 0 Å². The lowest BCUT2D eigenvalue weighted by Crippen LogP contribution is -1.98. The minimum atomic E-state index is -1.11. The Labute approximate surface area is 241 Å². The van der Waals surface area contributed by atoms with Gasteiger partial charge in [0.2, 0.25) is 5.16 Å². The second kappa shape index (κ2) is 12.6. The average Bonchev–Trinajstić information content (AvgIpc) is 3.37. The van der Waals surface area contributed by atoms with Gasteiger partial charge in [0, 0.05) is 27.2 Å². The van der Waals surface area contributed by atoms with E-state index in [4.69, 9.17) is 37.4 Å². The molecule has 1 heterocycles. The van der Waals surface area contributed by atoms with Crippen molar-refractivity contribution < 1.29 is 24.1 Å². The highest BCUT2D eigenvalue weighted by molar-refractivity contribution is 9.10. The fourth-order valence-corrected chi connectivity index (χ4v) is 4.95. The first-order chi connectivity index (χ1) is 18.2. The molecule has 0 amide bonds. The number of aromatic nitrogens is 3. The van der Waals surface area contributed by atoms with Gasteiger partial charge in [0.05, 0.1) is 18.7 Å². The summed E-state index contributed by atoms with van der Waals surface area (Å²) in [7, 11) is 3.10. The normalized spacial score (nSPS) is 11.3. The van der Waals surface area contributed by atoms with E-state index in [-0.39, 0.29) is 16.7 Å². The lowest BCUT2D eigenvalue weighted by Gasteiger charge is -2.10. The Hall–Kier alpha value is -3.18. The van der Waals surface area contributed by atoms with Crippen LogP contribution in [-0.4, -0.2) is 40.5 Å². The van der Waals surface area contributed by atoms with Gasteiger partial charge in [0.1, 0.15) is 28.8 Å². The lowest BCUT2D eigenvalue weighted by atomic mass is 10.2. The van der Waals surface area contributed by atoms with Gasteiger partial charge in [-0.3, -0.25) is 5.10 Å². The molecule has 0 aliphatic rings. The van der Waals surface area contributed by atoms with Gasteiger partial charge in [-0.15, -0.1) is 5.10 Å². The van der Waals surface area contributed by atoms with Crippen LogP contribution in [0.25, 0.3) is 17.5 Å². The molecule has 0 saturated carbocycles. The van der Waals surface area contributed by atoms with Crippen molar-refractivity contribution in [2.75, 3.05) is 14.2 Å². The van der Waals surface area contributed by atoms with E-state index in [9.17, 15) is 9.90 Å². The van der Waals surface area contributed by atoms with E-state index in [1.807, 2.05) is 0 Å². The van der Waals surface area contributed by atoms with Gasteiger partial charge in [0.25, 0.3) is 0 Å². The number of H-pyrrole nitrogens is 1. The van der Waals surface area contributed by atoms with Crippen LogP contribution >= 0.6 is 50.9 Å². The third kappa shape index (κ3) is 7.02. The monoisotopic (exact) mass is 635 g/mol. The van der Waals surface area contributed by atoms with Crippen LogP contribution in [0, 0.1) is 0 Å². The largest absolute Gasteiger partial charge is 0.497 e. The van der Waals surface area contributed by atoms with E-state index in [0.29, 0.717) is 48.7 Å². The number of nitrogens with one attached hydrogen (secondary N) is 1. The molecule has 38 heavy (non-hydrogen) atoms. The van der Waals surface area contributed by atoms with Gasteiger partial charge in [0.15, 0.2) is 5.82 Å². The Morgan fingerprint density at radius 1 is 1.08 bits per heavy atom. The molecular formula is C26H20BrCl2N3O5S. The predicted octanol–water partition coefficient (Wildman–Crippen LogP) is 7.36. The van der Waals surface area contributed by atoms with E-state index in [2.05, 4.69) is 31.1 Å². The van der Waals surface area contributed by atoms with E-state index >= 15 is 0 Å². The van der Waals surface area contributed by atoms with Crippen molar-refractivity contribution in [3.05, 3.63) is 85.1 Å². The number of ether oxygens (including phenoxy) is 3. The van der Waals surface area contributed by atoms with Crippen LogP contribution in [0.5, 0.6) is 17.2 Å². The van der Waals surface area contributed by atoms with Gasteiger partial charge < -0.3 is 19.3 Å². The number of aliphatic carboxylic acids is 1. The minimum absolute atomic E-state index is 0.0345. The second-order valence-electron chi connectivity index (χ2n) is 7.70. The zero-order valence-electron chi connectivity index (χ0n) is 20.0. The minimum Gasteiger partial charge on any atom is -0.497 e. The summed E-state index contributed by atoms with van der Waals surface area (Å²) in [6.07, 6.45) is 1.53. The maximum atomic E-state index is 12.0. The Morgan fingerprint density at radius 3 is 2.45 bits per heavy atom. The second-order valence-corrected chi connectivity index (χ2v) is 10.4. The predicted molar refractivity (Wildman–Crippen MR) is 151 cm³/mol. The zero-order valence-corrected chi connectivity index (χ0v) is 23.9. The fourth-order valence-electron chi connectivity index (χ4n) is 3.27. The van der Waals surface area contributed by atoms with Crippen molar-refractivity contribution in [2.45, 2.75) is 11.8 Å². The van der Waals surface area contributed by atoms with Crippen LogP contribution in [0.4, 0.5) is 0 Å². The summed E-state index contributed by atoms with van der Waals surface area (Å²) in [5.74, 6) is 1.08. The summed E-state index contributed by atoms with van der Waals surface area (Å²) in [4.78, 5) is 16.4. The Balaban J connectivity index is 1.50. The molecule has 8 nitrogen and oxygen atoms in total. The maximum Gasteiger partial charge on any atom is 0.342 e. The summed E-state index contributed by atoms with van der Waals surface area (Å²) in [6, 6.07) is 15.7. The molecule has 0 unspecified atom stereocenters. The number of hydrogen-bond donors (Lipinski definition) is 2. The Bertz CT molecular complexity index is 1490. The van der Waals surface area contributed by atoms with Crippen LogP contribution in [0.3, 0.4) is 0 Å². The molecule has 4 aromatic rings. The van der Waals surface area contributed by atoms with Crippen LogP contribution < -0.4 is 14.2 Å². The smallest absolute Gasteiger partial charge is 0.342 e. The highest BCUT2D eigenvalue weighted by Crippen LogP contribution is 2.33. The molecule has 3 aromatic carbocycles. The fraction of sp³-hybridized carbons (Fsp3) is 0.115. The summed E-state index contributed by atoms with van der Waals surface area (Å²) in [5, 5.41) is 18.1. The third-order valence-corrected chi connectivity index (χ3v) is 7.24. The zero-order chi connectivity index (χ0) is 27.2. The highest BCUT2D eigenvalue weighted by atomic mass is 79.9. The van der Waals surface area contributed by atoms with E-state index in [0.717, 1.165) is 17.3 Å². The number of nitrogens with zero attached hydrogens (tertiary/aromatic N) is 2. The molecule has 0 atom stereocenters. The number of carboxylic acid groups (broad SMARTS) is 1. The first-order valence-corrected chi connectivity index (χ1v) is 13.3. The molecular weight excluding hydrogens is 617 g/mol. The maximum absolute atomic E-state index is 12.0. The summed E-state index contributed by atoms with van der Waals surface area (Å²) < 4.78 is 17.1. The number of methoxy groups -OCH3 is 2. The number of carbonyl (C=O) groups is 1. The molecule has 0 aliphatic heterocycles. The molecule has 4 rings (SSSR count). The summed E-state index contributed by atoms with van der Waals surface area (Å²) >= 11 is 16.6. The topological polar surface area (TPSA) is 107 Å². The number of thioether (sulfide) groups is 1. The van der Waals surface area contributed by atoms with Crippen molar-refractivity contribution in [3.8, 4) is 28.6 Å². The van der Waals surface area contributed by atoms with Gasteiger partial charge in [-0.1, -0.05) is 35.3 Å². The lowest BCUT2D eigenvalue weighted by molar-refractivity contribution is -0.131. The SMILES string of the molecule is COc1cc(OC)cc(-c2nc(S/C(=C\c3ccc(OCc4ccc(Cl)cc4Cl)c(Br)c3)C(=O)O)n[nH]2)c1. The molecule has 12 heteroatoms. The molecule has 0 bridgehead atoms. The third-order valence-electron chi connectivity index (χ3n) is 5.15. The number of halogens is 3. The van der Waals surface area contributed by atoms with Crippen molar-refractivity contribution in [1.29, 1.82) is 0 Å². The highest BCUT2D eigenvalue weighted by Gasteiger charge is 2.16. The Morgan fingerprint density at radius 2 is 1.82 bits per heavy atom. The average molecular weight is 637 g/mol. The van der Waals surface area contributed by atoms with Crippen LogP contribution in [0.15, 0.2) is 69.1 Å². The molecule has 0 fully saturated rings. The molecule has 0 saturated heterocycles. The number of carboxylic acids is 1. The molecule has 0 spiro atoms. The van der Waals surface area contributed by atoms with Gasteiger partial charge in [-0.05, 0) is 75.7 Å². The molecule has 196 valence electrons. The van der Waals surface area contributed by atoms with Gasteiger partial charge in [-0.25, -0.2) is 9.78 Å². The summed E-state index contributed by atoms with van der Waals surface area (Å²) in [5.41, 5.74) is 2.11. The summed E-state index contributed by atoms with van der Waals surface area (Å²) in [6.45, 7) is 0.242. The van der Waals surface area contributed by atoms with Crippen LogP contribution in [-0.2, 0) is 11.4 Å². The van der Waals surface area contributed by atoms with Crippen molar-refractivity contribution in [1.82, 2.24) is 15.2 Å². The van der Waals surface area contributed by atoms with E-state index < -0.39 is 5.97 Å². The molecule has 0 aliphatic carbocycles. The Kier molecular flexibility index (Phi) is 9.22. The van der Waals surface area contributed by atoms with E-state index in [1.54, 1.807) is 68.8 Å². The van der Waals surface area contributed by atoms with Gasteiger partial charge in [-0.2, -0.15) is 0 Å². The standard InChI is InChI=1S/C26H20BrCl2N3O5S/c1-35-18-9-16(10-19(12-18)36-2)24-30-26(32-31-24)38-23(25(33)34)8-14-3-6-22(20(27)7-14)37-13-15-4-5-17(28)11-21(15)29/h3-12H,13H2,1-2H3,(H,33,34)(H,30,31,32)/b23-8-.